The average Bonchev–Trinajstić information content (AvgIpc) is 1.84. The van der Waals surface area contributed by atoms with E-state index in [4.69, 9.17) is 0 Å². The van der Waals surface area contributed by atoms with Crippen LogP contribution in [0.3, 0.4) is 0 Å². The van der Waals surface area contributed by atoms with Gasteiger partial charge in [0.05, 0.1) is 5.66 Å². The van der Waals surface area contributed by atoms with Crippen LogP contribution in [0.1, 0.15) is 20.8 Å². The molecule has 0 unspecified atom stereocenters. The molecule has 1 fully saturated rings. The van der Waals surface area contributed by atoms with Crippen molar-refractivity contribution in [3.63, 3.8) is 0 Å². The highest BCUT2D eigenvalue weighted by Gasteiger charge is 2.33. The molecular formula is C9H20N2. The summed E-state index contributed by atoms with van der Waals surface area (Å²) in [7, 11) is 4.40. The molecule has 1 aliphatic rings. The summed E-state index contributed by atoms with van der Waals surface area (Å²) in [5.41, 5.74) is 0.243. The number of hydrogen-bond donors (Lipinski definition) is 0. The maximum Gasteiger partial charge on any atom is 0.0674 e. The lowest BCUT2D eigenvalue weighted by Crippen LogP contribution is -2.60. The molecule has 1 saturated heterocycles. The highest BCUT2D eigenvalue weighted by molar-refractivity contribution is 4.85. The van der Waals surface area contributed by atoms with Crippen LogP contribution in [-0.4, -0.2) is 42.6 Å². The molecule has 0 atom stereocenters. The average molecular weight is 156 g/mol. The minimum absolute atomic E-state index is 0.243. The van der Waals surface area contributed by atoms with Gasteiger partial charge in [0.25, 0.3) is 0 Å². The van der Waals surface area contributed by atoms with E-state index in [0.717, 1.165) is 5.92 Å². The Labute approximate surface area is 70.2 Å². The maximum atomic E-state index is 2.42. The largest absolute Gasteiger partial charge is 0.289 e. The van der Waals surface area contributed by atoms with Gasteiger partial charge in [-0.2, -0.15) is 0 Å². The summed E-state index contributed by atoms with van der Waals surface area (Å²) in [5.74, 6) is 0.804. The van der Waals surface area contributed by atoms with Crippen LogP contribution >= 0.6 is 0 Å². The minimum Gasteiger partial charge on any atom is -0.289 e. The maximum absolute atomic E-state index is 2.42. The fourth-order valence-electron chi connectivity index (χ4n) is 1.73. The zero-order valence-corrected chi connectivity index (χ0v) is 8.39. The van der Waals surface area contributed by atoms with Crippen LogP contribution in [0.2, 0.25) is 0 Å². The van der Waals surface area contributed by atoms with Gasteiger partial charge in [0.2, 0.25) is 0 Å². The van der Waals surface area contributed by atoms with E-state index < -0.39 is 0 Å². The molecule has 66 valence electrons. The number of hydrogen-bond acceptors (Lipinski definition) is 2. The van der Waals surface area contributed by atoms with Crippen LogP contribution in [0.5, 0.6) is 0 Å². The van der Waals surface area contributed by atoms with Crippen molar-refractivity contribution in [3.8, 4) is 0 Å². The normalized spacial score (nSPS) is 29.2. The molecule has 0 radical (unpaired) electrons. The van der Waals surface area contributed by atoms with Gasteiger partial charge in [0.1, 0.15) is 0 Å². The Balaban J connectivity index is 2.67. The van der Waals surface area contributed by atoms with E-state index in [1.54, 1.807) is 0 Å². The van der Waals surface area contributed by atoms with Gasteiger partial charge in [-0.3, -0.25) is 9.80 Å². The van der Waals surface area contributed by atoms with Crippen LogP contribution < -0.4 is 0 Å². The smallest absolute Gasteiger partial charge is 0.0674 e. The topological polar surface area (TPSA) is 6.48 Å². The first-order chi connectivity index (χ1) is 4.94. The van der Waals surface area contributed by atoms with Crippen LogP contribution in [0.15, 0.2) is 0 Å². The molecule has 0 bridgehead atoms. The van der Waals surface area contributed by atoms with Crippen LogP contribution in [0.4, 0.5) is 0 Å². The first kappa shape index (κ1) is 9.01. The molecule has 0 aromatic rings. The molecule has 0 aliphatic carbocycles. The second-order valence-corrected chi connectivity index (χ2v) is 4.36. The third-order valence-corrected chi connectivity index (χ3v) is 3.04. The van der Waals surface area contributed by atoms with E-state index in [1.165, 1.54) is 13.1 Å². The molecule has 1 rings (SSSR count). The molecule has 2 heteroatoms. The van der Waals surface area contributed by atoms with Crippen LogP contribution in [-0.2, 0) is 0 Å². The van der Waals surface area contributed by atoms with Gasteiger partial charge in [-0.05, 0) is 33.9 Å². The summed E-state index contributed by atoms with van der Waals surface area (Å²) in [6, 6.07) is 0. The second-order valence-electron chi connectivity index (χ2n) is 4.36. The van der Waals surface area contributed by atoms with Gasteiger partial charge < -0.3 is 0 Å². The van der Waals surface area contributed by atoms with Crippen molar-refractivity contribution in [3.05, 3.63) is 0 Å². The lowest BCUT2D eigenvalue weighted by molar-refractivity contribution is -0.0533. The molecular weight excluding hydrogens is 136 g/mol. The van der Waals surface area contributed by atoms with Gasteiger partial charge in [-0.1, -0.05) is 6.92 Å². The van der Waals surface area contributed by atoms with Crippen molar-refractivity contribution in [1.29, 1.82) is 0 Å². The lowest BCUT2D eigenvalue weighted by Gasteiger charge is -2.49. The zero-order valence-electron chi connectivity index (χ0n) is 8.39. The first-order valence-corrected chi connectivity index (χ1v) is 4.37. The van der Waals surface area contributed by atoms with E-state index >= 15 is 0 Å². The minimum atomic E-state index is 0.243. The predicted octanol–water partition coefficient (Wildman–Crippen LogP) is 1.24. The third-order valence-electron chi connectivity index (χ3n) is 3.04. The Morgan fingerprint density at radius 3 is 1.82 bits per heavy atom. The van der Waals surface area contributed by atoms with E-state index in [1.807, 2.05) is 0 Å². The summed E-state index contributed by atoms with van der Waals surface area (Å²) < 4.78 is 0. The van der Waals surface area contributed by atoms with E-state index in [9.17, 15) is 0 Å². The van der Waals surface area contributed by atoms with Crippen molar-refractivity contribution in [2.24, 2.45) is 5.92 Å². The molecule has 1 aliphatic heterocycles. The first-order valence-electron chi connectivity index (χ1n) is 4.37. The van der Waals surface area contributed by atoms with Crippen molar-refractivity contribution >= 4 is 0 Å². The van der Waals surface area contributed by atoms with Crippen LogP contribution in [0.25, 0.3) is 0 Å². The van der Waals surface area contributed by atoms with Gasteiger partial charge >= 0.3 is 0 Å². The summed E-state index contributed by atoms with van der Waals surface area (Å²) in [5, 5.41) is 0. The predicted molar refractivity (Wildman–Crippen MR) is 48.5 cm³/mol. The van der Waals surface area contributed by atoms with E-state index in [2.05, 4.69) is 44.7 Å². The highest BCUT2D eigenvalue weighted by atomic mass is 15.4. The summed E-state index contributed by atoms with van der Waals surface area (Å²) in [6.45, 7) is 9.30. The van der Waals surface area contributed by atoms with Crippen molar-refractivity contribution in [1.82, 2.24) is 9.80 Å². The van der Waals surface area contributed by atoms with Crippen LogP contribution in [0, 0.1) is 5.92 Å². The second kappa shape index (κ2) is 2.76. The van der Waals surface area contributed by atoms with Crippen molar-refractivity contribution in [2.45, 2.75) is 26.4 Å². The molecule has 0 spiro atoms. The van der Waals surface area contributed by atoms with Crippen molar-refractivity contribution < 1.29 is 0 Å². The van der Waals surface area contributed by atoms with Crippen molar-refractivity contribution in [2.75, 3.05) is 27.2 Å². The van der Waals surface area contributed by atoms with Gasteiger partial charge in [0, 0.05) is 13.1 Å². The number of rotatable bonds is 0. The summed E-state index contributed by atoms with van der Waals surface area (Å²) in [4.78, 5) is 4.84. The quantitative estimate of drug-likeness (QED) is 0.520. The fourth-order valence-corrected chi connectivity index (χ4v) is 1.73. The van der Waals surface area contributed by atoms with E-state index in [0.29, 0.717) is 0 Å². The molecule has 11 heavy (non-hydrogen) atoms. The molecule has 2 nitrogen and oxygen atoms in total. The molecule has 0 aromatic carbocycles. The number of nitrogens with zero attached hydrogens (tertiary/aromatic N) is 2. The van der Waals surface area contributed by atoms with Gasteiger partial charge in [0.15, 0.2) is 0 Å². The zero-order chi connectivity index (χ0) is 8.65. The monoisotopic (exact) mass is 156 g/mol. The Morgan fingerprint density at radius 1 is 1.09 bits per heavy atom. The molecule has 0 N–H and O–H groups in total. The molecule has 0 amide bonds. The standard InChI is InChI=1S/C9H20N2/c1-8-6-10(4)9(2,3)11(5)7-8/h8H,6-7H2,1-5H3. The summed E-state index contributed by atoms with van der Waals surface area (Å²) in [6.07, 6.45) is 0. The lowest BCUT2D eigenvalue weighted by atomic mass is 10.0. The Hall–Kier alpha value is -0.0800. The molecule has 0 aromatic heterocycles. The SMILES string of the molecule is CC1CN(C)C(C)(C)N(C)C1. The molecule has 0 saturated carbocycles. The highest BCUT2D eigenvalue weighted by Crippen LogP contribution is 2.23. The Bertz CT molecular complexity index is 128. The van der Waals surface area contributed by atoms with Gasteiger partial charge in [-0.25, -0.2) is 0 Å². The van der Waals surface area contributed by atoms with Gasteiger partial charge in [-0.15, -0.1) is 0 Å². The Kier molecular flexibility index (Phi) is 2.26. The fraction of sp³-hybridized carbons (Fsp3) is 1.00. The third kappa shape index (κ3) is 1.57. The van der Waals surface area contributed by atoms with E-state index in [-0.39, 0.29) is 5.66 Å². The molecule has 1 heterocycles. The Morgan fingerprint density at radius 2 is 1.45 bits per heavy atom. The summed E-state index contributed by atoms with van der Waals surface area (Å²) >= 11 is 0.